The molecule has 2 unspecified atom stereocenters. The predicted molar refractivity (Wildman–Crippen MR) is 64.6 cm³/mol. The summed E-state index contributed by atoms with van der Waals surface area (Å²) < 4.78 is 5.87. The zero-order valence-corrected chi connectivity index (χ0v) is 9.61. The lowest BCUT2D eigenvalue weighted by atomic mass is 9.81. The fourth-order valence-corrected chi connectivity index (χ4v) is 2.93. The van der Waals surface area contributed by atoms with Crippen LogP contribution in [0.4, 0.5) is 0 Å². The second-order valence-electron chi connectivity index (χ2n) is 4.88. The van der Waals surface area contributed by atoms with Gasteiger partial charge in [0.2, 0.25) is 0 Å². The van der Waals surface area contributed by atoms with Crippen LogP contribution in [0.1, 0.15) is 17.5 Å². The van der Waals surface area contributed by atoms with Crippen molar-refractivity contribution in [2.75, 3.05) is 19.7 Å². The standard InChI is InChI=1S/C14H19NO/c1-2-4-12-9-13(6-5-11(12)3-1)14-10-15-7-8-16-14/h1-4,13-15H,5-10H2. The van der Waals surface area contributed by atoms with Gasteiger partial charge < -0.3 is 10.1 Å². The maximum absolute atomic E-state index is 5.87. The molecule has 0 radical (unpaired) electrons. The first-order chi connectivity index (χ1) is 7.93. The van der Waals surface area contributed by atoms with Crippen molar-refractivity contribution < 1.29 is 4.74 Å². The van der Waals surface area contributed by atoms with Crippen LogP contribution in [0.3, 0.4) is 0 Å². The van der Waals surface area contributed by atoms with Gasteiger partial charge in [-0.3, -0.25) is 0 Å². The van der Waals surface area contributed by atoms with Gasteiger partial charge in [-0.05, 0) is 36.3 Å². The molecule has 1 aliphatic heterocycles. The minimum atomic E-state index is 0.433. The summed E-state index contributed by atoms with van der Waals surface area (Å²) in [6, 6.07) is 8.85. The fraction of sp³-hybridized carbons (Fsp3) is 0.571. The molecule has 2 atom stereocenters. The number of rotatable bonds is 1. The predicted octanol–water partition coefficient (Wildman–Crippen LogP) is 1.78. The average Bonchev–Trinajstić information content (AvgIpc) is 2.39. The van der Waals surface area contributed by atoms with E-state index in [1.54, 1.807) is 5.56 Å². The maximum atomic E-state index is 5.87. The number of ether oxygens (including phenoxy) is 1. The normalized spacial score (nSPS) is 29.8. The molecule has 2 heteroatoms. The van der Waals surface area contributed by atoms with Crippen molar-refractivity contribution >= 4 is 0 Å². The summed E-state index contributed by atoms with van der Waals surface area (Å²) in [7, 11) is 0. The quantitative estimate of drug-likeness (QED) is 0.774. The van der Waals surface area contributed by atoms with Gasteiger partial charge in [-0.2, -0.15) is 0 Å². The topological polar surface area (TPSA) is 21.3 Å². The van der Waals surface area contributed by atoms with E-state index in [9.17, 15) is 0 Å². The highest BCUT2D eigenvalue weighted by Gasteiger charge is 2.27. The Bertz CT molecular complexity index is 358. The van der Waals surface area contributed by atoms with Gasteiger partial charge in [0.1, 0.15) is 0 Å². The van der Waals surface area contributed by atoms with Crippen LogP contribution in [0.5, 0.6) is 0 Å². The van der Waals surface area contributed by atoms with E-state index in [-0.39, 0.29) is 0 Å². The van der Waals surface area contributed by atoms with Gasteiger partial charge >= 0.3 is 0 Å². The third-order valence-electron chi connectivity index (χ3n) is 3.87. The van der Waals surface area contributed by atoms with Gasteiger partial charge in [0.25, 0.3) is 0 Å². The minimum absolute atomic E-state index is 0.433. The zero-order valence-electron chi connectivity index (χ0n) is 9.61. The highest BCUT2D eigenvalue weighted by atomic mass is 16.5. The van der Waals surface area contributed by atoms with Gasteiger partial charge in [-0.25, -0.2) is 0 Å². The summed E-state index contributed by atoms with van der Waals surface area (Å²) in [6.45, 7) is 2.93. The number of hydrogen-bond donors (Lipinski definition) is 1. The van der Waals surface area contributed by atoms with E-state index in [4.69, 9.17) is 4.74 Å². The van der Waals surface area contributed by atoms with Gasteiger partial charge in [0, 0.05) is 13.1 Å². The number of fused-ring (bicyclic) bond motifs is 1. The molecule has 0 bridgehead atoms. The Morgan fingerprint density at radius 1 is 1.19 bits per heavy atom. The van der Waals surface area contributed by atoms with Crippen LogP contribution >= 0.6 is 0 Å². The summed E-state index contributed by atoms with van der Waals surface area (Å²) in [5.41, 5.74) is 3.08. The van der Waals surface area contributed by atoms with Crippen molar-refractivity contribution in [1.29, 1.82) is 0 Å². The molecule has 3 rings (SSSR count). The van der Waals surface area contributed by atoms with E-state index in [0.717, 1.165) is 19.7 Å². The Labute approximate surface area is 97.0 Å². The number of hydrogen-bond acceptors (Lipinski definition) is 2. The van der Waals surface area contributed by atoms with E-state index in [0.29, 0.717) is 12.0 Å². The van der Waals surface area contributed by atoms with E-state index >= 15 is 0 Å². The van der Waals surface area contributed by atoms with Crippen molar-refractivity contribution in [1.82, 2.24) is 5.32 Å². The van der Waals surface area contributed by atoms with E-state index in [2.05, 4.69) is 29.6 Å². The molecule has 1 aliphatic carbocycles. The third-order valence-corrected chi connectivity index (χ3v) is 3.87. The van der Waals surface area contributed by atoms with Gasteiger partial charge in [0.15, 0.2) is 0 Å². The second kappa shape index (κ2) is 4.56. The average molecular weight is 217 g/mol. The first-order valence-electron chi connectivity index (χ1n) is 6.32. The first-order valence-corrected chi connectivity index (χ1v) is 6.32. The van der Waals surface area contributed by atoms with Gasteiger partial charge in [-0.15, -0.1) is 0 Å². The SMILES string of the molecule is c1ccc2c(c1)CCC(C1CNCCO1)C2. The first kappa shape index (κ1) is 10.3. The van der Waals surface area contributed by atoms with Crippen molar-refractivity contribution in [3.63, 3.8) is 0 Å². The monoisotopic (exact) mass is 217 g/mol. The highest BCUT2D eigenvalue weighted by molar-refractivity contribution is 5.29. The summed E-state index contributed by atoms with van der Waals surface area (Å²) in [5, 5.41) is 3.43. The van der Waals surface area contributed by atoms with E-state index in [1.807, 2.05) is 0 Å². The molecule has 16 heavy (non-hydrogen) atoms. The number of nitrogens with one attached hydrogen (secondary N) is 1. The molecule has 0 aromatic heterocycles. The van der Waals surface area contributed by atoms with Crippen LogP contribution in [0, 0.1) is 5.92 Å². The largest absolute Gasteiger partial charge is 0.375 e. The summed E-state index contributed by atoms with van der Waals surface area (Å²) in [4.78, 5) is 0. The summed E-state index contributed by atoms with van der Waals surface area (Å²) in [5.74, 6) is 0.711. The smallest absolute Gasteiger partial charge is 0.0731 e. The lowest BCUT2D eigenvalue weighted by molar-refractivity contribution is -0.0127. The maximum Gasteiger partial charge on any atom is 0.0731 e. The van der Waals surface area contributed by atoms with Crippen LogP contribution in [-0.2, 0) is 17.6 Å². The zero-order chi connectivity index (χ0) is 10.8. The molecule has 2 aliphatic rings. The summed E-state index contributed by atoms with van der Waals surface area (Å²) >= 11 is 0. The van der Waals surface area contributed by atoms with Gasteiger partial charge in [-0.1, -0.05) is 24.3 Å². The Morgan fingerprint density at radius 3 is 2.88 bits per heavy atom. The molecule has 1 fully saturated rings. The van der Waals surface area contributed by atoms with Crippen LogP contribution in [0.2, 0.25) is 0 Å². The van der Waals surface area contributed by atoms with Crippen LogP contribution in [-0.4, -0.2) is 25.8 Å². The molecular weight excluding hydrogens is 198 g/mol. The Hall–Kier alpha value is -0.860. The molecule has 2 nitrogen and oxygen atoms in total. The van der Waals surface area contributed by atoms with Crippen molar-refractivity contribution in [2.45, 2.75) is 25.4 Å². The Balaban J connectivity index is 1.72. The van der Waals surface area contributed by atoms with Crippen molar-refractivity contribution in [3.05, 3.63) is 35.4 Å². The number of aryl methyl sites for hydroxylation is 1. The van der Waals surface area contributed by atoms with E-state index in [1.165, 1.54) is 24.8 Å². The number of benzene rings is 1. The van der Waals surface area contributed by atoms with Crippen LogP contribution in [0.25, 0.3) is 0 Å². The van der Waals surface area contributed by atoms with Gasteiger partial charge in [0.05, 0.1) is 12.7 Å². The molecule has 0 saturated carbocycles. The molecule has 86 valence electrons. The van der Waals surface area contributed by atoms with E-state index < -0.39 is 0 Å². The lowest BCUT2D eigenvalue weighted by Gasteiger charge is -2.34. The molecule has 1 N–H and O–H groups in total. The third kappa shape index (κ3) is 2.00. The Kier molecular flexibility index (Phi) is 2.94. The Morgan fingerprint density at radius 2 is 2.06 bits per heavy atom. The lowest BCUT2D eigenvalue weighted by Crippen LogP contribution is -2.44. The molecular formula is C14H19NO. The molecule has 1 saturated heterocycles. The fourth-order valence-electron chi connectivity index (χ4n) is 2.93. The molecule has 0 spiro atoms. The highest BCUT2D eigenvalue weighted by Crippen LogP contribution is 2.28. The van der Waals surface area contributed by atoms with Crippen LogP contribution in [0.15, 0.2) is 24.3 Å². The molecule has 1 aromatic rings. The van der Waals surface area contributed by atoms with Crippen molar-refractivity contribution in [2.24, 2.45) is 5.92 Å². The molecule has 1 aromatic carbocycles. The minimum Gasteiger partial charge on any atom is -0.375 e. The second-order valence-corrected chi connectivity index (χ2v) is 4.88. The summed E-state index contributed by atoms with van der Waals surface area (Å²) in [6.07, 6.45) is 4.13. The molecule has 0 amide bonds. The van der Waals surface area contributed by atoms with Crippen molar-refractivity contribution in [3.8, 4) is 0 Å². The molecule has 1 heterocycles. The number of morpholine rings is 1. The van der Waals surface area contributed by atoms with Crippen LogP contribution < -0.4 is 5.32 Å².